The van der Waals surface area contributed by atoms with E-state index < -0.39 is 11.8 Å². The van der Waals surface area contributed by atoms with Crippen molar-refractivity contribution in [3.05, 3.63) is 28.7 Å². The molecule has 3 amide bonds. The molecular formula is C14H16BrN3O3. The van der Waals surface area contributed by atoms with Crippen molar-refractivity contribution in [3.63, 3.8) is 0 Å². The molecule has 0 saturated carbocycles. The summed E-state index contributed by atoms with van der Waals surface area (Å²) in [6.07, 6.45) is 0. The first-order chi connectivity index (χ1) is 9.97. The highest BCUT2D eigenvalue weighted by Gasteiger charge is 2.26. The highest BCUT2D eigenvalue weighted by Crippen LogP contribution is 2.15. The molecule has 0 radical (unpaired) electrons. The second-order valence-corrected chi connectivity index (χ2v) is 5.68. The second-order valence-electron chi connectivity index (χ2n) is 4.76. The number of nitrogens with one attached hydrogen (secondary N) is 1. The Kier molecular flexibility index (Phi) is 4.95. The Morgan fingerprint density at radius 1 is 1.10 bits per heavy atom. The minimum absolute atomic E-state index is 0.0133. The van der Waals surface area contributed by atoms with E-state index in [9.17, 15) is 14.4 Å². The Bertz CT molecular complexity index is 568. The average molecular weight is 354 g/mol. The van der Waals surface area contributed by atoms with Gasteiger partial charge >= 0.3 is 11.8 Å². The van der Waals surface area contributed by atoms with Crippen LogP contribution in [-0.2, 0) is 14.4 Å². The second kappa shape index (κ2) is 6.71. The van der Waals surface area contributed by atoms with Crippen LogP contribution in [0.3, 0.4) is 0 Å². The van der Waals surface area contributed by atoms with E-state index in [1.54, 1.807) is 23.1 Å². The van der Waals surface area contributed by atoms with Gasteiger partial charge in [-0.3, -0.25) is 14.4 Å². The van der Waals surface area contributed by atoms with Gasteiger partial charge in [-0.2, -0.15) is 0 Å². The average Bonchev–Trinajstić information content (AvgIpc) is 2.46. The van der Waals surface area contributed by atoms with Crippen LogP contribution in [0.1, 0.15) is 6.92 Å². The standard InChI is InChI=1S/C14H16BrN3O3/c1-10(19)17-5-7-18(8-6-17)14(21)13(20)16-12-4-2-3-11(15)9-12/h2-4,9H,5-8H2,1H3,(H,16,20). The molecule has 6 nitrogen and oxygen atoms in total. The smallest absolute Gasteiger partial charge is 0.313 e. The molecule has 1 aromatic rings. The fourth-order valence-electron chi connectivity index (χ4n) is 2.12. The molecule has 0 atom stereocenters. The Morgan fingerprint density at radius 2 is 1.71 bits per heavy atom. The normalized spacial score (nSPS) is 14.8. The van der Waals surface area contributed by atoms with Gasteiger partial charge in [0.05, 0.1) is 0 Å². The molecule has 1 aliphatic rings. The van der Waals surface area contributed by atoms with Crippen LogP contribution in [0.5, 0.6) is 0 Å². The summed E-state index contributed by atoms with van der Waals surface area (Å²) >= 11 is 3.30. The van der Waals surface area contributed by atoms with Crippen LogP contribution in [0.25, 0.3) is 0 Å². The van der Waals surface area contributed by atoms with Gasteiger partial charge in [-0.05, 0) is 18.2 Å². The van der Waals surface area contributed by atoms with Crippen molar-refractivity contribution in [2.45, 2.75) is 6.92 Å². The number of carbonyl (C=O) groups is 3. The molecule has 0 bridgehead atoms. The molecule has 0 unspecified atom stereocenters. The molecule has 2 rings (SSSR count). The lowest BCUT2D eigenvalue weighted by molar-refractivity contribution is -0.145. The molecule has 0 aliphatic carbocycles. The van der Waals surface area contributed by atoms with Crippen molar-refractivity contribution in [1.29, 1.82) is 0 Å². The lowest BCUT2D eigenvalue weighted by Gasteiger charge is -2.33. The minimum atomic E-state index is -0.663. The number of amides is 3. The summed E-state index contributed by atoms with van der Waals surface area (Å²) in [7, 11) is 0. The maximum absolute atomic E-state index is 12.1. The highest BCUT2D eigenvalue weighted by molar-refractivity contribution is 9.10. The van der Waals surface area contributed by atoms with Gasteiger partial charge < -0.3 is 15.1 Å². The largest absolute Gasteiger partial charge is 0.339 e. The quantitative estimate of drug-likeness (QED) is 0.768. The van der Waals surface area contributed by atoms with Gasteiger partial charge in [-0.25, -0.2) is 0 Å². The molecule has 1 fully saturated rings. The van der Waals surface area contributed by atoms with E-state index in [1.165, 1.54) is 11.8 Å². The third-order valence-corrected chi connectivity index (χ3v) is 3.78. The van der Waals surface area contributed by atoms with Gasteiger partial charge in [0.25, 0.3) is 0 Å². The molecule has 1 aliphatic heterocycles. The summed E-state index contributed by atoms with van der Waals surface area (Å²) in [6.45, 7) is 3.18. The third kappa shape index (κ3) is 4.04. The van der Waals surface area contributed by atoms with Crippen LogP contribution in [0.15, 0.2) is 28.7 Å². The number of hydrogen-bond donors (Lipinski definition) is 1. The first kappa shape index (κ1) is 15.5. The summed E-state index contributed by atoms with van der Waals surface area (Å²) in [5, 5.41) is 2.57. The lowest BCUT2D eigenvalue weighted by atomic mass is 10.3. The predicted octanol–water partition coefficient (Wildman–Crippen LogP) is 1.08. The molecule has 7 heteroatoms. The SMILES string of the molecule is CC(=O)N1CCN(C(=O)C(=O)Nc2cccc(Br)c2)CC1. The van der Waals surface area contributed by atoms with Crippen LogP contribution in [-0.4, -0.2) is 53.7 Å². The van der Waals surface area contributed by atoms with Gasteiger partial charge in [-0.1, -0.05) is 22.0 Å². The summed E-state index contributed by atoms with van der Waals surface area (Å²) in [4.78, 5) is 38.4. The van der Waals surface area contributed by atoms with Crippen LogP contribution in [0.4, 0.5) is 5.69 Å². The van der Waals surface area contributed by atoms with Crippen molar-refractivity contribution >= 4 is 39.3 Å². The van der Waals surface area contributed by atoms with Crippen molar-refractivity contribution in [2.24, 2.45) is 0 Å². The zero-order chi connectivity index (χ0) is 15.4. The number of nitrogens with zero attached hydrogens (tertiary/aromatic N) is 2. The maximum Gasteiger partial charge on any atom is 0.313 e. The molecule has 0 spiro atoms. The van der Waals surface area contributed by atoms with E-state index in [0.717, 1.165) is 4.47 Å². The fourth-order valence-corrected chi connectivity index (χ4v) is 2.52. The van der Waals surface area contributed by atoms with E-state index >= 15 is 0 Å². The minimum Gasteiger partial charge on any atom is -0.339 e. The third-order valence-electron chi connectivity index (χ3n) is 3.29. The number of benzene rings is 1. The number of anilines is 1. The van der Waals surface area contributed by atoms with E-state index in [0.29, 0.717) is 31.9 Å². The number of carbonyl (C=O) groups excluding carboxylic acids is 3. The van der Waals surface area contributed by atoms with E-state index in [-0.39, 0.29) is 5.91 Å². The summed E-state index contributed by atoms with van der Waals surface area (Å²) in [5.74, 6) is -1.25. The Hall–Kier alpha value is -1.89. The van der Waals surface area contributed by atoms with Gasteiger partial charge in [0.1, 0.15) is 0 Å². The molecule has 1 N–H and O–H groups in total. The summed E-state index contributed by atoms with van der Waals surface area (Å²) < 4.78 is 0.822. The van der Waals surface area contributed by atoms with Gasteiger partial charge in [0, 0.05) is 43.3 Å². The van der Waals surface area contributed by atoms with E-state index in [2.05, 4.69) is 21.2 Å². The molecular weight excluding hydrogens is 338 g/mol. The van der Waals surface area contributed by atoms with Crippen LogP contribution >= 0.6 is 15.9 Å². The lowest BCUT2D eigenvalue weighted by Crippen LogP contribution is -2.52. The summed E-state index contributed by atoms with van der Waals surface area (Å²) in [5.41, 5.74) is 0.560. The van der Waals surface area contributed by atoms with Crippen molar-refractivity contribution in [2.75, 3.05) is 31.5 Å². The molecule has 1 heterocycles. The Morgan fingerprint density at radius 3 is 2.29 bits per heavy atom. The molecule has 1 aromatic carbocycles. The molecule has 0 aromatic heterocycles. The predicted molar refractivity (Wildman–Crippen MR) is 81.6 cm³/mol. The highest BCUT2D eigenvalue weighted by atomic mass is 79.9. The number of rotatable bonds is 1. The number of halogens is 1. The van der Waals surface area contributed by atoms with Crippen LogP contribution < -0.4 is 5.32 Å². The van der Waals surface area contributed by atoms with Gasteiger partial charge in [0.2, 0.25) is 5.91 Å². The van der Waals surface area contributed by atoms with E-state index in [4.69, 9.17) is 0 Å². The maximum atomic E-state index is 12.1. The number of hydrogen-bond acceptors (Lipinski definition) is 3. The number of piperazine rings is 1. The van der Waals surface area contributed by atoms with Crippen LogP contribution in [0.2, 0.25) is 0 Å². The zero-order valence-electron chi connectivity index (χ0n) is 11.6. The molecule has 112 valence electrons. The Balaban J connectivity index is 1.91. The zero-order valence-corrected chi connectivity index (χ0v) is 13.2. The molecule has 1 saturated heterocycles. The van der Waals surface area contributed by atoms with Crippen molar-refractivity contribution in [3.8, 4) is 0 Å². The molecule has 21 heavy (non-hydrogen) atoms. The van der Waals surface area contributed by atoms with Crippen molar-refractivity contribution in [1.82, 2.24) is 9.80 Å². The van der Waals surface area contributed by atoms with Gasteiger partial charge in [-0.15, -0.1) is 0 Å². The van der Waals surface area contributed by atoms with Gasteiger partial charge in [0.15, 0.2) is 0 Å². The van der Waals surface area contributed by atoms with Crippen LogP contribution in [0, 0.1) is 0 Å². The fraction of sp³-hybridized carbons (Fsp3) is 0.357. The first-order valence-electron chi connectivity index (χ1n) is 6.58. The monoisotopic (exact) mass is 353 g/mol. The first-order valence-corrected chi connectivity index (χ1v) is 7.38. The topological polar surface area (TPSA) is 69.7 Å². The Labute approximate surface area is 131 Å². The van der Waals surface area contributed by atoms with E-state index in [1.807, 2.05) is 6.07 Å². The van der Waals surface area contributed by atoms with Crippen molar-refractivity contribution < 1.29 is 14.4 Å². The summed E-state index contributed by atoms with van der Waals surface area (Å²) in [6, 6.07) is 7.04.